The van der Waals surface area contributed by atoms with Crippen LogP contribution < -0.4 is 10.6 Å². The summed E-state index contributed by atoms with van der Waals surface area (Å²) in [4.78, 5) is 26.7. The third-order valence-electron chi connectivity index (χ3n) is 7.90. The summed E-state index contributed by atoms with van der Waals surface area (Å²) in [5.41, 5.74) is -0.0887. The Labute approximate surface area is 196 Å². The van der Waals surface area contributed by atoms with Crippen LogP contribution in [-0.4, -0.2) is 52.8 Å². The summed E-state index contributed by atoms with van der Waals surface area (Å²) in [5.74, 6) is -2.72. The van der Waals surface area contributed by atoms with Crippen molar-refractivity contribution in [2.24, 2.45) is 11.8 Å². The third kappa shape index (κ3) is 4.33. The molecule has 0 radical (unpaired) electrons. The Bertz CT molecular complexity index is 995. The highest BCUT2D eigenvalue weighted by Gasteiger charge is 2.58. The van der Waals surface area contributed by atoms with Gasteiger partial charge in [-0.3, -0.25) is 9.59 Å². The van der Waals surface area contributed by atoms with E-state index >= 15 is 0 Å². The lowest BCUT2D eigenvalue weighted by Gasteiger charge is -2.62. The van der Waals surface area contributed by atoms with Crippen molar-refractivity contribution in [3.63, 3.8) is 0 Å². The fraction of sp³-hybridized carbons (Fsp3) is 0.625. The van der Waals surface area contributed by atoms with Crippen molar-refractivity contribution in [3.8, 4) is 6.07 Å². The van der Waals surface area contributed by atoms with Gasteiger partial charge in [0.25, 0.3) is 11.8 Å². The molecule has 1 saturated heterocycles. The molecule has 2 N–H and O–H groups in total. The molecule has 6 nitrogen and oxygen atoms in total. The second-order valence-corrected chi connectivity index (χ2v) is 11.0. The molecule has 1 aromatic rings. The molecule has 2 amide bonds. The zero-order valence-electron chi connectivity index (χ0n) is 18.3. The summed E-state index contributed by atoms with van der Waals surface area (Å²) in [6.45, 7) is -0.778. The number of alkyl halides is 2. The number of carbonyl (C=O) groups is 2. The number of nitrogens with one attached hydrogen (secondary N) is 2. The van der Waals surface area contributed by atoms with Crippen LogP contribution in [0.4, 0.5) is 8.78 Å². The average molecular weight is 477 g/mol. The molecule has 176 valence electrons. The van der Waals surface area contributed by atoms with Gasteiger partial charge < -0.3 is 15.5 Å². The van der Waals surface area contributed by atoms with Crippen molar-refractivity contribution in [1.29, 1.82) is 5.26 Å². The van der Waals surface area contributed by atoms with Crippen LogP contribution in [0.25, 0.3) is 0 Å². The fourth-order valence-electron chi connectivity index (χ4n) is 7.09. The lowest BCUT2D eigenvalue weighted by molar-refractivity contribution is -0.133. The SMILES string of the molecule is N#C[C@@H]1CC(F)(F)CN1C(=O)CNC12CC3CC(C1)CC(NC(=O)c1ccc(Cl)cc1)(C3)C2. The van der Waals surface area contributed by atoms with Gasteiger partial charge in [-0.05, 0) is 74.6 Å². The standard InChI is InChI=1S/C24H27ClF2N4O2/c25-18-3-1-17(2-4-18)21(33)30-23-8-15-5-16(9-23)7-22(6-15,13-23)29-12-20(32)31-14-24(26,27)10-19(31)11-28/h1-4,15-16,19,29H,5-10,12-14H2,(H,30,33)/t15?,16?,19-,22?,23?/m0/s1. The van der Waals surface area contributed by atoms with Gasteiger partial charge in [-0.15, -0.1) is 0 Å². The number of amides is 2. The van der Waals surface area contributed by atoms with Crippen molar-refractivity contribution in [2.75, 3.05) is 13.1 Å². The highest BCUT2D eigenvalue weighted by Crippen LogP contribution is 2.57. The van der Waals surface area contributed by atoms with Crippen molar-refractivity contribution in [3.05, 3.63) is 34.9 Å². The van der Waals surface area contributed by atoms with E-state index in [1.807, 2.05) is 6.07 Å². The van der Waals surface area contributed by atoms with Gasteiger partial charge in [0.15, 0.2) is 0 Å². The van der Waals surface area contributed by atoms with E-state index in [0.717, 1.165) is 37.0 Å². The monoisotopic (exact) mass is 476 g/mol. The van der Waals surface area contributed by atoms with Crippen LogP contribution in [0.1, 0.15) is 55.3 Å². The summed E-state index contributed by atoms with van der Waals surface area (Å²) in [6, 6.07) is 7.56. The minimum atomic E-state index is -3.02. The molecule has 4 bridgehead atoms. The highest BCUT2D eigenvalue weighted by molar-refractivity contribution is 6.30. The Morgan fingerprint density at radius 3 is 2.36 bits per heavy atom. The molecule has 1 aromatic carbocycles. The molecule has 33 heavy (non-hydrogen) atoms. The number of likely N-dealkylation sites (tertiary alicyclic amines) is 1. The predicted octanol–water partition coefficient (Wildman–Crippen LogP) is 3.51. The number of nitriles is 1. The Hall–Kier alpha value is -2.24. The van der Waals surface area contributed by atoms with Crippen LogP contribution in [-0.2, 0) is 4.79 Å². The lowest BCUT2D eigenvalue weighted by Crippen LogP contribution is -2.69. The fourth-order valence-corrected chi connectivity index (χ4v) is 7.21. The quantitative estimate of drug-likeness (QED) is 0.681. The summed E-state index contributed by atoms with van der Waals surface area (Å²) in [5, 5.41) is 16.5. The second-order valence-electron chi connectivity index (χ2n) is 10.6. The Morgan fingerprint density at radius 1 is 1.09 bits per heavy atom. The Kier molecular flexibility index (Phi) is 5.41. The third-order valence-corrected chi connectivity index (χ3v) is 8.15. The number of nitrogens with zero attached hydrogens (tertiary/aromatic N) is 2. The summed E-state index contributed by atoms with van der Waals surface area (Å²) >= 11 is 5.95. The molecule has 1 aliphatic heterocycles. The highest BCUT2D eigenvalue weighted by atomic mass is 35.5. The molecule has 4 saturated carbocycles. The number of carbonyl (C=O) groups excluding carboxylic acids is 2. The number of rotatable bonds is 5. The minimum absolute atomic E-state index is 0.0745. The second kappa shape index (κ2) is 7.92. The van der Waals surface area contributed by atoms with E-state index in [1.165, 1.54) is 0 Å². The number of hydrogen-bond acceptors (Lipinski definition) is 4. The zero-order valence-corrected chi connectivity index (χ0v) is 19.0. The molecule has 5 aliphatic rings. The number of hydrogen-bond donors (Lipinski definition) is 2. The van der Waals surface area contributed by atoms with Gasteiger partial charge in [0.1, 0.15) is 6.04 Å². The van der Waals surface area contributed by atoms with Crippen molar-refractivity contribution < 1.29 is 18.4 Å². The van der Waals surface area contributed by atoms with E-state index in [-0.39, 0.29) is 23.5 Å². The molecule has 0 aromatic heterocycles. The maximum Gasteiger partial charge on any atom is 0.268 e. The van der Waals surface area contributed by atoms with E-state index in [4.69, 9.17) is 11.6 Å². The number of benzene rings is 1. The van der Waals surface area contributed by atoms with Crippen molar-refractivity contribution >= 4 is 23.4 Å². The van der Waals surface area contributed by atoms with Gasteiger partial charge in [-0.1, -0.05) is 11.6 Å². The van der Waals surface area contributed by atoms with Crippen LogP contribution >= 0.6 is 11.6 Å². The van der Waals surface area contributed by atoms with Crippen LogP contribution in [0.15, 0.2) is 24.3 Å². The van der Waals surface area contributed by atoms with E-state index in [1.54, 1.807) is 24.3 Å². The molecular formula is C24H27ClF2N4O2. The molecule has 0 spiro atoms. The average Bonchev–Trinajstić information content (AvgIpc) is 3.06. The normalized spacial score (nSPS) is 35.9. The number of halogens is 3. The molecule has 6 rings (SSSR count). The van der Waals surface area contributed by atoms with Crippen molar-refractivity contribution in [2.45, 2.75) is 68.0 Å². The first-order valence-corrected chi connectivity index (χ1v) is 11.9. The summed E-state index contributed by atoms with van der Waals surface area (Å²) in [6.07, 6.45) is 4.86. The van der Waals surface area contributed by atoms with E-state index in [0.29, 0.717) is 28.8 Å². The topological polar surface area (TPSA) is 85.2 Å². The lowest BCUT2D eigenvalue weighted by atomic mass is 9.50. The maximum absolute atomic E-state index is 13.8. The van der Waals surface area contributed by atoms with E-state index in [2.05, 4.69) is 10.6 Å². The molecule has 9 heteroatoms. The van der Waals surface area contributed by atoms with Crippen LogP contribution in [0, 0.1) is 23.2 Å². The maximum atomic E-state index is 13.8. The van der Waals surface area contributed by atoms with Gasteiger partial charge in [0.05, 0.1) is 19.2 Å². The van der Waals surface area contributed by atoms with Gasteiger partial charge in [-0.2, -0.15) is 5.26 Å². The van der Waals surface area contributed by atoms with Gasteiger partial charge in [0.2, 0.25) is 5.91 Å². The first-order chi connectivity index (χ1) is 15.6. The molecule has 5 fully saturated rings. The molecule has 1 heterocycles. The largest absolute Gasteiger partial charge is 0.347 e. The summed E-state index contributed by atoms with van der Waals surface area (Å²) in [7, 11) is 0. The van der Waals surface area contributed by atoms with E-state index in [9.17, 15) is 23.6 Å². The van der Waals surface area contributed by atoms with Gasteiger partial charge in [-0.25, -0.2) is 8.78 Å². The zero-order chi connectivity index (χ0) is 23.4. The predicted molar refractivity (Wildman–Crippen MR) is 118 cm³/mol. The molecule has 4 aliphatic carbocycles. The summed E-state index contributed by atoms with van der Waals surface area (Å²) < 4.78 is 27.5. The van der Waals surface area contributed by atoms with E-state index < -0.39 is 30.8 Å². The van der Waals surface area contributed by atoms with Crippen molar-refractivity contribution in [1.82, 2.24) is 15.5 Å². The molecular weight excluding hydrogens is 450 g/mol. The van der Waals surface area contributed by atoms with Gasteiger partial charge in [0, 0.05) is 28.1 Å². The molecule has 3 atom stereocenters. The first-order valence-electron chi connectivity index (χ1n) is 11.5. The smallest absolute Gasteiger partial charge is 0.268 e. The molecule has 2 unspecified atom stereocenters. The Balaban J connectivity index is 1.28. The first kappa shape index (κ1) is 22.5. The van der Waals surface area contributed by atoms with Gasteiger partial charge >= 0.3 is 0 Å². The van der Waals surface area contributed by atoms with Crippen LogP contribution in [0.5, 0.6) is 0 Å². The minimum Gasteiger partial charge on any atom is -0.347 e. The van der Waals surface area contributed by atoms with Crippen LogP contribution in [0.2, 0.25) is 5.02 Å². The van der Waals surface area contributed by atoms with Crippen LogP contribution in [0.3, 0.4) is 0 Å². The Morgan fingerprint density at radius 2 is 1.73 bits per heavy atom.